The Bertz CT molecular complexity index is 873. The van der Waals surface area contributed by atoms with Crippen LogP contribution >= 0.6 is 0 Å². The highest BCUT2D eigenvalue weighted by Crippen LogP contribution is 2.40. The molecule has 1 aromatic heterocycles. The molecule has 1 amide bonds. The summed E-state index contributed by atoms with van der Waals surface area (Å²) in [6, 6.07) is 6.87. The first kappa shape index (κ1) is 19.3. The molecule has 0 saturated heterocycles. The van der Waals surface area contributed by atoms with Gasteiger partial charge in [0.25, 0.3) is 0 Å². The smallest absolute Gasteiger partial charge is 0.230 e. The molecule has 1 N–H and O–H groups in total. The number of aromatic amines is 1. The summed E-state index contributed by atoms with van der Waals surface area (Å²) >= 11 is 0. The molecule has 4 heteroatoms. The number of aromatic nitrogens is 1. The fourth-order valence-electron chi connectivity index (χ4n) is 4.87. The number of fused-ring (bicyclic) bond motifs is 2. The molecule has 150 valence electrons. The maximum atomic E-state index is 13.4. The van der Waals surface area contributed by atoms with Gasteiger partial charge < -0.3 is 9.88 Å². The Morgan fingerprint density at radius 1 is 1.21 bits per heavy atom. The number of carbonyl (C=O) groups excluding carboxylic acids is 1. The van der Waals surface area contributed by atoms with E-state index >= 15 is 0 Å². The summed E-state index contributed by atoms with van der Waals surface area (Å²) in [5.74, 6) is 0.271. The van der Waals surface area contributed by atoms with Gasteiger partial charge in [-0.2, -0.15) is 0 Å². The van der Waals surface area contributed by atoms with Crippen molar-refractivity contribution >= 4 is 22.4 Å². The van der Waals surface area contributed by atoms with Crippen molar-refractivity contribution in [3.8, 4) is 0 Å². The Kier molecular flexibility index (Phi) is 5.58. The lowest BCUT2D eigenvalue weighted by Gasteiger charge is -2.40. The van der Waals surface area contributed by atoms with Gasteiger partial charge in [-0.3, -0.25) is 9.69 Å². The molecule has 1 aromatic carbocycles. The van der Waals surface area contributed by atoms with Gasteiger partial charge in [0.1, 0.15) is 0 Å². The zero-order valence-corrected chi connectivity index (χ0v) is 17.5. The largest absolute Gasteiger partial charge is 0.361 e. The van der Waals surface area contributed by atoms with Crippen LogP contribution in [0.5, 0.6) is 0 Å². The summed E-state index contributed by atoms with van der Waals surface area (Å²) in [6.07, 6.45) is 9.90. The molecule has 0 radical (unpaired) electrons. The van der Waals surface area contributed by atoms with Crippen LogP contribution in [0, 0.1) is 5.92 Å². The molecule has 2 aromatic rings. The van der Waals surface area contributed by atoms with Crippen LogP contribution in [-0.4, -0.2) is 53.4 Å². The predicted octanol–water partition coefficient (Wildman–Crippen LogP) is 4.47. The molecule has 1 aliphatic carbocycles. The second kappa shape index (κ2) is 8.12. The van der Waals surface area contributed by atoms with E-state index in [4.69, 9.17) is 0 Å². The number of hydrogen-bond acceptors (Lipinski definition) is 2. The van der Waals surface area contributed by atoms with Gasteiger partial charge in [-0.15, -0.1) is 0 Å². The molecule has 0 bridgehead atoms. The monoisotopic (exact) mass is 379 g/mol. The molecule has 2 aliphatic rings. The molecular weight excluding hydrogens is 346 g/mol. The van der Waals surface area contributed by atoms with Gasteiger partial charge in [-0.1, -0.05) is 44.9 Å². The second-order valence-corrected chi connectivity index (χ2v) is 8.46. The fourth-order valence-corrected chi connectivity index (χ4v) is 4.87. The van der Waals surface area contributed by atoms with E-state index in [1.165, 1.54) is 27.6 Å². The van der Waals surface area contributed by atoms with Crippen molar-refractivity contribution in [1.82, 2.24) is 14.8 Å². The number of unbranched alkanes of at least 4 members (excludes halogenated alkanes) is 2. The molecule has 0 saturated carbocycles. The lowest BCUT2D eigenvalue weighted by Crippen LogP contribution is -2.48. The first-order valence-electron chi connectivity index (χ1n) is 10.9. The Hall–Kier alpha value is -2.07. The van der Waals surface area contributed by atoms with E-state index in [0.717, 1.165) is 51.7 Å². The van der Waals surface area contributed by atoms with Crippen LogP contribution < -0.4 is 0 Å². The highest BCUT2D eigenvalue weighted by molar-refractivity contribution is 5.99. The second-order valence-electron chi connectivity index (χ2n) is 8.46. The van der Waals surface area contributed by atoms with Crippen molar-refractivity contribution in [2.24, 2.45) is 5.92 Å². The van der Waals surface area contributed by atoms with Crippen molar-refractivity contribution in [3.63, 3.8) is 0 Å². The summed E-state index contributed by atoms with van der Waals surface area (Å²) in [4.78, 5) is 21.4. The van der Waals surface area contributed by atoms with E-state index in [9.17, 15) is 4.79 Å². The number of nitrogens with zero attached hydrogens (tertiary/aromatic N) is 2. The van der Waals surface area contributed by atoms with Crippen molar-refractivity contribution in [3.05, 3.63) is 41.6 Å². The third-order valence-corrected chi connectivity index (χ3v) is 6.46. The van der Waals surface area contributed by atoms with E-state index in [2.05, 4.69) is 66.2 Å². The quantitative estimate of drug-likeness (QED) is 0.771. The fraction of sp³-hybridized carbons (Fsp3) is 0.542. The van der Waals surface area contributed by atoms with E-state index < -0.39 is 0 Å². The molecule has 0 spiro atoms. The van der Waals surface area contributed by atoms with Gasteiger partial charge in [0, 0.05) is 42.8 Å². The Balaban J connectivity index is 1.66. The summed E-state index contributed by atoms with van der Waals surface area (Å²) in [7, 11) is 2.18. The molecule has 1 aliphatic heterocycles. The van der Waals surface area contributed by atoms with Crippen LogP contribution in [0.25, 0.3) is 16.5 Å². The summed E-state index contributed by atoms with van der Waals surface area (Å²) in [5.41, 5.74) is 5.26. The summed E-state index contributed by atoms with van der Waals surface area (Å²) < 4.78 is 0. The minimum atomic E-state index is -0.0410. The molecule has 4 nitrogen and oxygen atoms in total. The molecule has 0 fully saturated rings. The first-order chi connectivity index (χ1) is 13.6. The van der Waals surface area contributed by atoms with Crippen LogP contribution in [0.2, 0.25) is 0 Å². The van der Waals surface area contributed by atoms with Gasteiger partial charge >= 0.3 is 0 Å². The van der Waals surface area contributed by atoms with Crippen LogP contribution in [0.15, 0.2) is 30.5 Å². The zero-order valence-electron chi connectivity index (χ0n) is 17.5. The molecule has 2 atom stereocenters. The van der Waals surface area contributed by atoms with Crippen LogP contribution in [0.1, 0.15) is 50.7 Å². The lowest BCUT2D eigenvalue weighted by molar-refractivity contribution is -0.135. The summed E-state index contributed by atoms with van der Waals surface area (Å²) in [5, 5.41) is 1.35. The van der Waals surface area contributed by atoms with Gasteiger partial charge in [-0.05, 0) is 49.1 Å². The Morgan fingerprint density at radius 2 is 1.96 bits per heavy atom. The summed E-state index contributed by atoms with van der Waals surface area (Å²) in [6.45, 7) is 6.98. The highest BCUT2D eigenvalue weighted by Gasteiger charge is 2.36. The number of H-pyrrole nitrogens is 1. The molecule has 4 rings (SSSR count). The van der Waals surface area contributed by atoms with Crippen LogP contribution in [-0.2, 0) is 11.2 Å². The number of benzene rings is 1. The van der Waals surface area contributed by atoms with E-state index in [-0.39, 0.29) is 5.92 Å². The standard InChI is InChI=1S/C24H33N3O/c1-4-6-11-27(12-7-5-2)24(28)18-13-20-19-9-8-10-21-23(19)17(15-25-21)14-22(20)26(3)16-18/h8-10,13,15,18,22,25H,4-7,11-12,14,16H2,1-3H3/t18-,22-/m1/s1. The van der Waals surface area contributed by atoms with E-state index in [1.54, 1.807) is 0 Å². The van der Waals surface area contributed by atoms with Crippen molar-refractivity contribution in [2.45, 2.75) is 52.0 Å². The number of hydrogen-bond donors (Lipinski definition) is 1. The number of likely N-dealkylation sites (N-methyl/N-ethyl adjacent to an activating group) is 1. The maximum Gasteiger partial charge on any atom is 0.230 e. The zero-order chi connectivity index (χ0) is 19.7. The van der Waals surface area contributed by atoms with Gasteiger partial charge in [-0.25, -0.2) is 0 Å². The highest BCUT2D eigenvalue weighted by atomic mass is 16.2. The number of amides is 1. The van der Waals surface area contributed by atoms with Gasteiger partial charge in [0.2, 0.25) is 5.91 Å². The molecule has 2 heterocycles. The number of rotatable bonds is 7. The predicted molar refractivity (Wildman–Crippen MR) is 116 cm³/mol. The molecule has 0 unspecified atom stereocenters. The van der Waals surface area contributed by atoms with E-state index in [1.807, 2.05) is 0 Å². The lowest BCUT2D eigenvalue weighted by atomic mass is 9.79. The topological polar surface area (TPSA) is 39.3 Å². The minimum Gasteiger partial charge on any atom is -0.361 e. The Morgan fingerprint density at radius 3 is 2.68 bits per heavy atom. The van der Waals surface area contributed by atoms with Crippen molar-refractivity contribution in [1.29, 1.82) is 0 Å². The van der Waals surface area contributed by atoms with E-state index in [0.29, 0.717) is 11.9 Å². The minimum absolute atomic E-state index is 0.0410. The van der Waals surface area contributed by atoms with Crippen LogP contribution in [0.4, 0.5) is 0 Å². The first-order valence-corrected chi connectivity index (χ1v) is 10.9. The van der Waals surface area contributed by atoms with Gasteiger partial charge in [0.15, 0.2) is 0 Å². The molecular formula is C24H33N3O. The van der Waals surface area contributed by atoms with Crippen molar-refractivity contribution in [2.75, 3.05) is 26.7 Å². The SMILES string of the molecule is CCCCN(CCCC)C(=O)[C@@H]1C=C2c3cccc4[nH]cc(c34)C[C@H]2N(C)C1. The number of carbonyl (C=O) groups is 1. The Labute approximate surface area is 168 Å². The average Bonchev–Trinajstić information content (AvgIpc) is 3.13. The normalized spacial score (nSPS) is 21.5. The van der Waals surface area contributed by atoms with Crippen LogP contribution in [0.3, 0.4) is 0 Å². The molecule has 28 heavy (non-hydrogen) atoms. The third kappa shape index (κ3) is 3.39. The van der Waals surface area contributed by atoms with Crippen molar-refractivity contribution < 1.29 is 4.79 Å². The third-order valence-electron chi connectivity index (χ3n) is 6.46. The maximum absolute atomic E-state index is 13.4. The average molecular weight is 380 g/mol. The number of nitrogens with one attached hydrogen (secondary N) is 1. The van der Waals surface area contributed by atoms with Gasteiger partial charge in [0.05, 0.1) is 5.92 Å².